The number of hydrogen-bond acceptors (Lipinski definition) is 22. The highest BCUT2D eigenvalue weighted by molar-refractivity contribution is 5.87. The van der Waals surface area contributed by atoms with E-state index in [0.29, 0.717) is 11.1 Å². The molecule has 16 unspecified atom stereocenters. The lowest BCUT2D eigenvalue weighted by atomic mass is 9.98. The summed E-state index contributed by atoms with van der Waals surface area (Å²) in [5, 5.41) is 136. The van der Waals surface area contributed by atoms with Crippen LogP contribution in [0.2, 0.25) is 0 Å². The average Bonchev–Trinajstić information content (AvgIpc) is 3.29. The van der Waals surface area contributed by atoms with E-state index in [9.17, 15) is 71.2 Å². The summed E-state index contributed by atoms with van der Waals surface area (Å²) in [5.41, 5.74) is 0.729. The maximum Gasteiger partial charge on any atom is 0.331 e. The summed E-state index contributed by atoms with van der Waals surface area (Å²) in [4.78, 5) is 12.6. The molecule has 3 aromatic carbocycles. The van der Waals surface area contributed by atoms with Crippen molar-refractivity contribution >= 4 is 18.1 Å². The lowest BCUT2D eigenvalue weighted by Gasteiger charge is -2.43. The van der Waals surface area contributed by atoms with Crippen LogP contribution in [0.25, 0.3) is 12.2 Å². The van der Waals surface area contributed by atoms with Gasteiger partial charge in [-0.25, -0.2) is 4.79 Å². The van der Waals surface area contributed by atoms with E-state index < -0.39 is 123 Å². The third-order valence-corrected chi connectivity index (χ3v) is 11.3. The number of ether oxygens (including phenoxy) is 9. The first-order chi connectivity index (χ1) is 31.4. The van der Waals surface area contributed by atoms with Gasteiger partial charge in [-0.3, -0.25) is 0 Å². The molecule has 3 saturated heterocycles. The number of aliphatic hydroxyl groups excluding tert-OH is 9. The maximum atomic E-state index is 12.6. The first-order valence-corrected chi connectivity index (χ1v) is 20.4. The van der Waals surface area contributed by atoms with E-state index in [1.165, 1.54) is 68.7 Å². The standard InChI is InChI=1S/C43H50O23/c1-16-39(66-30(49)8-4-17-3-6-21(46)23(48)9-17)35(54)38(57)41(60-16)59-15-29-32(51)34(53)37(56)43(65-29)63-27-13-20-24(61-40(27)18-5-7-22(47)26(10-18)58-2)11-19(45)12-25(20)62-42-36(55)33(52)31(50)28(14-44)64-42/h3-13,16,28-29,31-48,50-57H,14-15H2,1-2H3/p+1. The van der Waals surface area contributed by atoms with Crippen LogP contribution in [-0.2, 0) is 33.2 Å². The average molecular weight is 936 g/mol. The van der Waals surface area contributed by atoms with Gasteiger partial charge in [0.1, 0.15) is 78.1 Å². The van der Waals surface area contributed by atoms with Gasteiger partial charge < -0.3 is 109 Å². The number of aromatic hydroxyl groups is 5. The summed E-state index contributed by atoms with van der Waals surface area (Å²) in [5.74, 6) is -2.59. The number of fused-ring (bicyclic) bond motifs is 1. The quantitative estimate of drug-likeness (QED) is 0.0380. The fourth-order valence-electron chi connectivity index (χ4n) is 7.63. The normalized spacial score (nSPS) is 34.4. The van der Waals surface area contributed by atoms with Crippen molar-refractivity contribution in [2.45, 2.75) is 105 Å². The third kappa shape index (κ3) is 10.1. The molecule has 0 aromatic heterocycles. The predicted octanol–water partition coefficient (Wildman–Crippen LogP) is -2.03. The van der Waals surface area contributed by atoms with Gasteiger partial charge in [0.15, 0.2) is 41.2 Å². The molecule has 4 aliphatic heterocycles. The topological polar surface area (TPSA) is 367 Å². The molecule has 66 heavy (non-hydrogen) atoms. The highest BCUT2D eigenvalue weighted by Crippen LogP contribution is 2.47. The maximum absolute atomic E-state index is 12.6. The fraction of sp³-hybridized carbons (Fsp3) is 0.465. The van der Waals surface area contributed by atoms with E-state index in [-0.39, 0.29) is 45.8 Å². The summed E-state index contributed by atoms with van der Waals surface area (Å²) in [7, 11) is 1.31. The molecule has 14 N–H and O–H groups in total. The Kier molecular flexibility index (Phi) is 14.8. The smallest absolute Gasteiger partial charge is 0.331 e. The molecular weight excluding hydrogens is 884 g/mol. The number of benzene rings is 3. The number of rotatable bonds is 13. The zero-order valence-corrected chi connectivity index (χ0v) is 34.9. The number of phenols is 4. The molecule has 4 heterocycles. The summed E-state index contributed by atoms with van der Waals surface area (Å²) < 4.78 is 50.2. The molecule has 3 aromatic rings. The van der Waals surface area contributed by atoms with Gasteiger partial charge in [-0.1, -0.05) is 6.07 Å². The van der Waals surface area contributed by atoms with Crippen LogP contribution in [0.5, 0.6) is 40.2 Å². The van der Waals surface area contributed by atoms with Crippen LogP contribution in [0.4, 0.5) is 0 Å². The minimum absolute atomic E-state index is 0.0282. The number of hydrogen-bond donors (Lipinski definition) is 13. The van der Waals surface area contributed by atoms with Crippen LogP contribution in [0, 0.1) is 0 Å². The van der Waals surface area contributed by atoms with Gasteiger partial charge in [0.2, 0.25) is 12.6 Å². The van der Waals surface area contributed by atoms with Crippen molar-refractivity contribution in [1.29, 1.82) is 0 Å². The van der Waals surface area contributed by atoms with Crippen LogP contribution < -0.4 is 9.47 Å². The second-order valence-electron chi connectivity index (χ2n) is 15.8. The molecular formula is C43H51O23+. The van der Waals surface area contributed by atoms with Crippen LogP contribution in [0.15, 0.2) is 60.4 Å². The van der Waals surface area contributed by atoms with E-state index in [4.69, 9.17) is 42.6 Å². The molecule has 16 atom stereocenters. The minimum atomic E-state index is -1.94. The molecule has 7 rings (SSSR count). The van der Waals surface area contributed by atoms with Crippen LogP contribution in [0.1, 0.15) is 29.7 Å². The number of phenolic OH excluding ortho intramolecular Hbond substituents is 4. The lowest BCUT2D eigenvalue weighted by Crippen LogP contribution is -2.61. The molecule has 0 saturated carbocycles. The highest BCUT2D eigenvalue weighted by Gasteiger charge is 2.50. The minimum Gasteiger partial charge on any atom is -0.571 e. The van der Waals surface area contributed by atoms with Crippen molar-refractivity contribution in [3.8, 4) is 40.2 Å². The van der Waals surface area contributed by atoms with E-state index in [0.717, 1.165) is 12.1 Å². The Balaban J connectivity index is 1.09. The molecule has 360 valence electrons. The molecule has 0 bridgehead atoms. The molecule has 4 aliphatic rings. The number of aliphatic hydroxyl groups is 10. The second-order valence-corrected chi connectivity index (χ2v) is 15.8. The summed E-state index contributed by atoms with van der Waals surface area (Å²) in [6.45, 7) is 0.0118. The number of carbonyl (C=O) groups excluding carboxylic acids is 1. The van der Waals surface area contributed by atoms with Gasteiger partial charge >= 0.3 is 5.97 Å². The van der Waals surface area contributed by atoms with Gasteiger partial charge in [0.25, 0.3) is 11.9 Å². The number of carbonyl (C=O) groups is 1. The fourth-order valence-corrected chi connectivity index (χ4v) is 7.63. The van der Waals surface area contributed by atoms with Gasteiger partial charge in [0.05, 0.1) is 38.1 Å². The van der Waals surface area contributed by atoms with Crippen molar-refractivity contribution in [3.05, 3.63) is 77.1 Å². The molecule has 0 amide bonds. The molecule has 23 nitrogen and oxygen atoms in total. The number of esters is 1. The van der Waals surface area contributed by atoms with E-state index >= 15 is 0 Å². The first kappa shape index (κ1) is 48.4. The summed E-state index contributed by atoms with van der Waals surface area (Å²) in [6, 6.07) is 10.4. The van der Waals surface area contributed by atoms with Crippen molar-refractivity contribution in [1.82, 2.24) is 0 Å². The van der Waals surface area contributed by atoms with Crippen molar-refractivity contribution < 1.29 is 114 Å². The second kappa shape index (κ2) is 20.2. The van der Waals surface area contributed by atoms with Gasteiger partial charge in [-0.15, -0.1) is 0 Å². The van der Waals surface area contributed by atoms with Crippen molar-refractivity contribution in [3.63, 3.8) is 0 Å². The first-order valence-electron chi connectivity index (χ1n) is 20.4. The highest BCUT2D eigenvalue weighted by atomic mass is 16.7. The Morgan fingerprint density at radius 3 is 2.03 bits per heavy atom. The van der Waals surface area contributed by atoms with E-state index in [1.807, 2.05) is 0 Å². The van der Waals surface area contributed by atoms with E-state index in [2.05, 4.69) is 0 Å². The monoisotopic (exact) mass is 935 g/mol. The molecule has 0 spiro atoms. The Morgan fingerprint density at radius 2 is 1.35 bits per heavy atom. The molecule has 0 aliphatic carbocycles. The number of methoxy groups -OCH3 is 1. The Hall–Kier alpha value is -5.51. The SMILES string of the molecule is COc1cc(C2[OH+]c3cc(O)cc(OC4OC(CO)C(O)C(O)C4O)c3C=C2OC2OC(COC3OC(C)C(OC(=O)C=Cc4ccc(O)c(O)c4)C(O)C3O)C(O)C(O)C2O)ccc1O. The summed E-state index contributed by atoms with van der Waals surface area (Å²) in [6.07, 6.45) is -22.7. The largest absolute Gasteiger partial charge is 0.571 e. The van der Waals surface area contributed by atoms with Crippen LogP contribution in [-0.4, -0.2) is 190 Å². The zero-order valence-electron chi connectivity index (χ0n) is 34.9. The van der Waals surface area contributed by atoms with Crippen molar-refractivity contribution in [2.75, 3.05) is 20.3 Å². The lowest BCUT2D eigenvalue weighted by molar-refractivity contribution is -0.325. The zero-order chi connectivity index (χ0) is 47.7. The van der Waals surface area contributed by atoms with E-state index in [1.54, 1.807) is 0 Å². The van der Waals surface area contributed by atoms with Crippen molar-refractivity contribution in [2.24, 2.45) is 0 Å². The Labute approximate surface area is 374 Å². The van der Waals surface area contributed by atoms with Crippen LogP contribution >= 0.6 is 0 Å². The Morgan fingerprint density at radius 1 is 0.697 bits per heavy atom. The van der Waals surface area contributed by atoms with Crippen LogP contribution in [0.3, 0.4) is 0 Å². The van der Waals surface area contributed by atoms with Gasteiger partial charge in [0, 0.05) is 18.2 Å². The van der Waals surface area contributed by atoms with Gasteiger partial charge in [-0.05, 0) is 48.9 Å². The molecule has 23 heteroatoms. The Bertz CT molecular complexity index is 2250. The summed E-state index contributed by atoms with van der Waals surface area (Å²) >= 11 is 0. The predicted molar refractivity (Wildman–Crippen MR) is 218 cm³/mol. The van der Waals surface area contributed by atoms with Gasteiger partial charge in [-0.2, -0.15) is 0 Å². The molecule has 0 radical (unpaired) electrons. The third-order valence-electron chi connectivity index (χ3n) is 11.3. The molecule has 3 fully saturated rings.